The van der Waals surface area contributed by atoms with Gasteiger partial charge < -0.3 is 26.0 Å². The van der Waals surface area contributed by atoms with Gasteiger partial charge in [-0.05, 0) is 81.4 Å². The van der Waals surface area contributed by atoms with E-state index in [0.717, 1.165) is 18.7 Å². The number of rotatable bonds is 10. The molecule has 2 aromatic carbocycles. The number of hydroxylamine groups is 1. The molecule has 6 N–H and O–H groups in total. The quantitative estimate of drug-likeness (QED) is 0.117. The lowest BCUT2D eigenvalue weighted by Gasteiger charge is -2.19. The number of nitrogens with one attached hydrogen (secondary N) is 4. The zero-order valence-electron chi connectivity index (χ0n) is 21.0. The maximum Gasteiger partial charge on any atom is 0.268 e. The number of likely N-dealkylation sites (N-methyl/N-ethyl adjacent to an activating group) is 1. The van der Waals surface area contributed by atoms with Crippen LogP contribution in [0.15, 0.2) is 48.5 Å². The number of aliphatic hydroxyl groups excluding tert-OH is 1. The fraction of sp³-hybridized carbons (Fsp3) is 0.296. The summed E-state index contributed by atoms with van der Waals surface area (Å²) in [5.41, 5.74) is 3.71. The molecule has 0 aliphatic carbocycles. The van der Waals surface area contributed by atoms with Gasteiger partial charge in [-0.25, -0.2) is 5.48 Å². The van der Waals surface area contributed by atoms with E-state index in [0.29, 0.717) is 11.3 Å². The Bertz CT molecular complexity index is 1190. The van der Waals surface area contributed by atoms with E-state index >= 15 is 0 Å². The average molecular weight is 506 g/mol. The standard InChI is InChI=1S/C27H31N5O5/c1-19(33)25(27(36)31-37)30-26(35)22-12-8-20(9-13-22)6-4-5-7-21-10-14-23(15-11-21)29-24(34)18-28-16-17-32(2)3/h8-15,19,25,28,33,37H,16-18H2,1-3H3,(H,29,34)(H,30,35)(H,31,36)/t19-,25+/m1/s1. The van der Waals surface area contributed by atoms with Crippen LogP contribution in [0.25, 0.3) is 0 Å². The maximum absolute atomic E-state index is 12.3. The molecule has 2 rings (SSSR count). The van der Waals surface area contributed by atoms with Crippen molar-refractivity contribution in [3.05, 3.63) is 65.2 Å². The molecular weight excluding hydrogens is 474 g/mol. The van der Waals surface area contributed by atoms with Crippen LogP contribution < -0.4 is 21.4 Å². The van der Waals surface area contributed by atoms with Gasteiger partial charge in [-0.1, -0.05) is 11.8 Å². The van der Waals surface area contributed by atoms with Crippen LogP contribution in [0.4, 0.5) is 5.69 Å². The van der Waals surface area contributed by atoms with Crippen molar-refractivity contribution < 1.29 is 24.7 Å². The van der Waals surface area contributed by atoms with Crippen molar-refractivity contribution in [3.63, 3.8) is 0 Å². The summed E-state index contributed by atoms with van der Waals surface area (Å²) in [6.45, 7) is 3.13. The molecule has 0 bridgehead atoms. The molecule has 10 nitrogen and oxygen atoms in total. The van der Waals surface area contributed by atoms with E-state index in [1.807, 2.05) is 19.0 Å². The Labute approximate surface area is 216 Å². The van der Waals surface area contributed by atoms with E-state index < -0.39 is 24.0 Å². The van der Waals surface area contributed by atoms with E-state index in [1.54, 1.807) is 36.4 Å². The lowest BCUT2D eigenvalue weighted by atomic mass is 10.1. The monoisotopic (exact) mass is 505 g/mol. The maximum atomic E-state index is 12.3. The van der Waals surface area contributed by atoms with Gasteiger partial charge in [0.15, 0.2) is 0 Å². The Hall–Kier alpha value is -4.19. The summed E-state index contributed by atoms with van der Waals surface area (Å²) >= 11 is 0. The van der Waals surface area contributed by atoms with Crippen molar-refractivity contribution >= 4 is 23.4 Å². The fourth-order valence-corrected chi connectivity index (χ4v) is 2.96. The zero-order chi connectivity index (χ0) is 27.2. The van der Waals surface area contributed by atoms with Gasteiger partial charge in [0, 0.05) is 35.5 Å². The highest BCUT2D eigenvalue weighted by Crippen LogP contribution is 2.08. The SMILES string of the molecule is C[C@@H](O)[C@H](NC(=O)c1ccc(C#CC#Cc2ccc(NC(=O)CNCCN(C)C)cc2)cc1)C(=O)NO. The first-order valence-corrected chi connectivity index (χ1v) is 11.5. The van der Waals surface area contributed by atoms with Crippen LogP contribution in [0.2, 0.25) is 0 Å². The predicted molar refractivity (Wildman–Crippen MR) is 140 cm³/mol. The van der Waals surface area contributed by atoms with Gasteiger partial charge in [-0.15, -0.1) is 0 Å². The zero-order valence-corrected chi connectivity index (χ0v) is 21.0. The summed E-state index contributed by atoms with van der Waals surface area (Å²) in [6.07, 6.45) is -1.20. The first-order valence-electron chi connectivity index (χ1n) is 11.5. The summed E-state index contributed by atoms with van der Waals surface area (Å²) in [6, 6.07) is 12.1. The number of anilines is 1. The van der Waals surface area contributed by atoms with Gasteiger partial charge in [-0.3, -0.25) is 19.6 Å². The number of benzene rings is 2. The largest absolute Gasteiger partial charge is 0.391 e. The second-order valence-electron chi connectivity index (χ2n) is 8.35. The van der Waals surface area contributed by atoms with Crippen LogP contribution in [0.3, 0.4) is 0 Å². The topological polar surface area (TPSA) is 143 Å². The van der Waals surface area contributed by atoms with Crippen molar-refractivity contribution in [2.24, 2.45) is 0 Å². The predicted octanol–water partition coefficient (Wildman–Crippen LogP) is 0.164. The smallest absolute Gasteiger partial charge is 0.268 e. The normalized spacial score (nSPS) is 11.7. The molecule has 0 radical (unpaired) electrons. The molecule has 0 aromatic heterocycles. The van der Waals surface area contributed by atoms with Gasteiger partial charge >= 0.3 is 0 Å². The summed E-state index contributed by atoms with van der Waals surface area (Å²) in [5, 5.41) is 26.6. The van der Waals surface area contributed by atoms with Gasteiger partial charge in [-0.2, -0.15) is 0 Å². The summed E-state index contributed by atoms with van der Waals surface area (Å²) in [5.74, 6) is 9.68. The molecule has 0 spiro atoms. The van der Waals surface area contributed by atoms with Crippen LogP contribution in [0.5, 0.6) is 0 Å². The Morgan fingerprint density at radius 1 is 0.946 bits per heavy atom. The minimum atomic E-state index is -1.30. The van der Waals surface area contributed by atoms with E-state index in [2.05, 4.69) is 39.6 Å². The number of hydrogen-bond donors (Lipinski definition) is 6. The molecular formula is C27H31N5O5. The van der Waals surface area contributed by atoms with E-state index in [1.165, 1.54) is 24.5 Å². The van der Waals surface area contributed by atoms with Crippen molar-refractivity contribution in [3.8, 4) is 23.7 Å². The highest BCUT2D eigenvalue weighted by molar-refractivity contribution is 5.97. The molecule has 0 saturated heterocycles. The molecule has 10 heteroatoms. The number of hydrogen-bond acceptors (Lipinski definition) is 7. The fourth-order valence-electron chi connectivity index (χ4n) is 2.96. The first-order chi connectivity index (χ1) is 17.7. The second-order valence-corrected chi connectivity index (χ2v) is 8.35. The highest BCUT2D eigenvalue weighted by atomic mass is 16.5. The average Bonchev–Trinajstić information content (AvgIpc) is 2.88. The van der Waals surface area contributed by atoms with E-state index in [9.17, 15) is 19.5 Å². The van der Waals surface area contributed by atoms with Crippen molar-refractivity contribution in [1.29, 1.82) is 0 Å². The number of nitrogens with zero attached hydrogens (tertiary/aromatic N) is 1. The molecule has 3 amide bonds. The van der Waals surface area contributed by atoms with Crippen molar-refractivity contribution in [2.75, 3.05) is 39.0 Å². The second kappa shape index (κ2) is 15.0. The van der Waals surface area contributed by atoms with Crippen molar-refractivity contribution in [1.82, 2.24) is 21.0 Å². The van der Waals surface area contributed by atoms with Crippen molar-refractivity contribution in [2.45, 2.75) is 19.1 Å². The van der Waals surface area contributed by atoms with E-state index in [4.69, 9.17) is 5.21 Å². The third-order valence-corrected chi connectivity index (χ3v) is 4.97. The summed E-state index contributed by atoms with van der Waals surface area (Å²) in [4.78, 5) is 37.9. The van der Waals surface area contributed by atoms with Gasteiger partial charge in [0.1, 0.15) is 6.04 Å². The van der Waals surface area contributed by atoms with Crippen LogP contribution in [0, 0.1) is 23.7 Å². The lowest BCUT2D eigenvalue weighted by molar-refractivity contribution is -0.133. The lowest BCUT2D eigenvalue weighted by Crippen LogP contribution is -2.51. The molecule has 0 aliphatic heterocycles. The van der Waals surface area contributed by atoms with Crippen LogP contribution in [-0.4, -0.2) is 78.8 Å². The number of carbonyl (C=O) groups is 3. The molecule has 0 saturated carbocycles. The summed E-state index contributed by atoms with van der Waals surface area (Å²) in [7, 11) is 3.94. The van der Waals surface area contributed by atoms with Gasteiger partial charge in [0.2, 0.25) is 5.91 Å². The highest BCUT2D eigenvalue weighted by Gasteiger charge is 2.25. The third kappa shape index (κ3) is 10.5. The molecule has 0 fully saturated rings. The molecule has 0 unspecified atom stereocenters. The minimum Gasteiger partial charge on any atom is -0.391 e. The Morgan fingerprint density at radius 2 is 1.51 bits per heavy atom. The molecule has 2 aromatic rings. The minimum absolute atomic E-state index is 0.120. The third-order valence-electron chi connectivity index (χ3n) is 4.97. The van der Waals surface area contributed by atoms with Crippen LogP contribution in [-0.2, 0) is 9.59 Å². The Kier molecular flexibility index (Phi) is 11.8. The molecule has 194 valence electrons. The number of amides is 3. The molecule has 0 aliphatic rings. The van der Waals surface area contributed by atoms with Crippen LogP contribution >= 0.6 is 0 Å². The Balaban J connectivity index is 1.88. The number of carbonyl (C=O) groups excluding carboxylic acids is 3. The Morgan fingerprint density at radius 3 is 2.03 bits per heavy atom. The molecule has 2 atom stereocenters. The van der Waals surface area contributed by atoms with Gasteiger partial charge in [0.25, 0.3) is 11.8 Å². The number of aliphatic hydroxyl groups is 1. The molecule has 37 heavy (non-hydrogen) atoms. The first kappa shape index (κ1) is 29.0. The summed E-state index contributed by atoms with van der Waals surface area (Å²) < 4.78 is 0. The van der Waals surface area contributed by atoms with E-state index in [-0.39, 0.29) is 18.0 Å². The van der Waals surface area contributed by atoms with Gasteiger partial charge in [0.05, 0.1) is 12.6 Å². The molecule has 0 heterocycles. The van der Waals surface area contributed by atoms with Crippen LogP contribution in [0.1, 0.15) is 28.4 Å².